The molecule has 0 aliphatic carbocycles. The lowest BCUT2D eigenvalue weighted by atomic mass is 9.97. The van der Waals surface area contributed by atoms with E-state index < -0.39 is 17.6 Å². The zero-order valence-corrected chi connectivity index (χ0v) is 17.5. The van der Waals surface area contributed by atoms with Crippen molar-refractivity contribution in [3.8, 4) is 5.75 Å². The van der Waals surface area contributed by atoms with E-state index in [0.717, 1.165) is 11.4 Å². The first-order chi connectivity index (χ1) is 12.5. The molecule has 3 N–H and O–H groups in total. The summed E-state index contributed by atoms with van der Waals surface area (Å²) < 4.78 is 5.11. The van der Waals surface area contributed by atoms with Crippen LogP contribution < -0.4 is 15.4 Å². The van der Waals surface area contributed by atoms with Crippen LogP contribution in [0.1, 0.15) is 34.1 Å². The maximum Gasteiger partial charge on any atom is 0.326 e. The highest BCUT2D eigenvalue weighted by atomic mass is 32.1. The monoisotopic (exact) mass is 395 g/mol. The zero-order chi connectivity index (χ0) is 20.8. The molecule has 27 heavy (non-hydrogen) atoms. The molecule has 1 amide bonds. The summed E-state index contributed by atoms with van der Waals surface area (Å²) >= 11 is 5.33. The lowest BCUT2D eigenvalue weighted by molar-refractivity contribution is -0.151. The van der Waals surface area contributed by atoms with Crippen LogP contribution in [0.3, 0.4) is 0 Å². The van der Waals surface area contributed by atoms with E-state index in [4.69, 9.17) is 17.0 Å². The van der Waals surface area contributed by atoms with Crippen molar-refractivity contribution in [1.29, 1.82) is 0 Å². The highest BCUT2D eigenvalue weighted by molar-refractivity contribution is 7.80. The van der Waals surface area contributed by atoms with E-state index in [1.54, 1.807) is 21.0 Å². The summed E-state index contributed by atoms with van der Waals surface area (Å²) in [6.45, 7) is 7.23. The number of carboxylic acid groups (broad SMARTS) is 1. The smallest absolute Gasteiger partial charge is 0.326 e. The molecule has 0 aliphatic rings. The van der Waals surface area contributed by atoms with Crippen molar-refractivity contribution in [3.63, 3.8) is 0 Å². The van der Waals surface area contributed by atoms with Gasteiger partial charge in [0.2, 0.25) is 5.91 Å². The molecule has 1 aromatic rings. The SMILES string of the molecule is COc1ccc(NC(=S)NC(C)(C)CC(=O)N(C)C(C(=O)O)C(C)C)cc1. The van der Waals surface area contributed by atoms with E-state index in [-0.39, 0.29) is 18.2 Å². The van der Waals surface area contributed by atoms with Crippen molar-refractivity contribution >= 4 is 34.9 Å². The second kappa shape index (κ2) is 9.55. The Morgan fingerprint density at radius 1 is 1.26 bits per heavy atom. The van der Waals surface area contributed by atoms with Gasteiger partial charge in [-0.1, -0.05) is 13.8 Å². The Balaban J connectivity index is 2.68. The van der Waals surface area contributed by atoms with Gasteiger partial charge in [0.1, 0.15) is 11.8 Å². The van der Waals surface area contributed by atoms with Gasteiger partial charge in [0.15, 0.2) is 5.11 Å². The second-order valence-electron chi connectivity index (χ2n) is 7.40. The van der Waals surface area contributed by atoms with Crippen LogP contribution in [-0.4, -0.2) is 52.7 Å². The minimum absolute atomic E-state index is 0.102. The van der Waals surface area contributed by atoms with Crippen molar-refractivity contribution in [1.82, 2.24) is 10.2 Å². The zero-order valence-electron chi connectivity index (χ0n) is 16.7. The number of anilines is 1. The number of hydrogen-bond donors (Lipinski definition) is 3. The van der Waals surface area contributed by atoms with Crippen LogP contribution in [0.25, 0.3) is 0 Å². The van der Waals surface area contributed by atoms with Crippen LogP contribution in [0, 0.1) is 5.92 Å². The number of amides is 1. The summed E-state index contributed by atoms with van der Waals surface area (Å²) in [4.78, 5) is 25.3. The molecule has 0 radical (unpaired) electrons. The lowest BCUT2D eigenvalue weighted by Crippen LogP contribution is -2.51. The summed E-state index contributed by atoms with van der Waals surface area (Å²) in [6.07, 6.45) is 0.102. The van der Waals surface area contributed by atoms with Gasteiger partial charge in [0.25, 0.3) is 0 Å². The van der Waals surface area contributed by atoms with E-state index in [9.17, 15) is 14.7 Å². The number of methoxy groups -OCH3 is 1. The molecule has 0 spiro atoms. The average Bonchev–Trinajstić information content (AvgIpc) is 2.53. The van der Waals surface area contributed by atoms with Crippen LogP contribution in [0.5, 0.6) is 5.75 Å². The fraction of sp³-hybridized carbons (Fsp3) is 0.526. The predicted molar refractivity (Wildman–Crippen MR) is 110 cm³/mol. The highest BCUT2D eigenvalue weighted by Crippen LogP contribution is 2.17. The molecule has 1 aromatic carbocycles. The lowest BCUT2D eigenvalue weighted by Gasteiger charge is -2.33. The summed E-state index contributed by atoms with van der Waals surface area (Å²) in [5.74, 6) is -0.721. The number of rotatable bonds is 8. The topological polar surface area (TPSA) is 90.9 Å². The van der Waals surface area contributed by atoms with Crippen molar-refractivity contribution in [2.45, 2.75) is 45.7 Å². The molecule has 0 bridgehead atoms. The van der Waals surface area contributed by atoms with Gasteiger partial charge in [0.05, 0.1) is 7.11 Å². The summed E-state index contributed by atoms with van der Waals surface area (Å²) in [5, 5.41) is 15.9. The molecule has 0 saturated heterocycles. The van der Waals surface area contributed by atoms with E-state index in [1.807, 2.05) is 38.1 Å². The fourth-order valence-electron chi connectivity index (χ4n) is 2.74. The number of aliphatic carboxylic acids is 1. The minimum atomic E-state index is -1.01. The Bertz CT molecular complexity index is 674. The van der Waals surface area contributed by atoms with Crippen molar-refractivity contribution < 1.29 is 19.4 Å². The Morgan fingerprint density at radius 3 is 2.26 bits per heavy atom. The predicted octanol–water partition coefficient (Wildman–Crippen LogP) is 2.72. The molecule has 0 fully saturated rings. The Hall–Kier alpha value is -2.35. The van der Waals surface area contributed by atoms with Gasteiger partial charge in [0, 0.05) is 24.7 Å². The van der Waals surface area contributed by atoms with Gasteiger partial charge >= 0.3 is 5.97 Å². The van der Waals surface area contributed by atoms with Crippen molar-refractivity contribution in [3.05, 3.63) is 24.3 Å². The van der Waals surface area contributed by atoms with E-state index >= 15 is 0 Å². The van der Waals surface area contributed by atoms with Gasteiger partial charge in [-0.25, -0.2) is 4.79 Å². The number of carbonyl (C=O) groups is 2. The highest BCUT2D eigenvalue weighted by Gasteiger charge is 2.32. The third kappa shape index (κ3) is 7.05. The third-order valence-corrected chi connectivity index (χ3v) is 4.29. The summed E-state index contributed by atoms with van der Waals surface area (Å²) in [5.41, 5.74) is 0.139. The molecule has 150 valence electrons. The number of ether oxygens (including phenoxy) is 1. The van der Waals surface area contributed by atoms with Crippen LogP contribution in [0.4, 0.5) is 5.69 Å². The number of likely N-dealkylation sites (N-methyl/N-ethyl adjacent to an activating group) is 1. The third-order valence-electron chi connectivity index (χ3n) is 4.09. The summed E-state index contributed by atoms with van der Waals surface area (Å²) in [6, 6.07) is 6.43. The van der Waals surface area contributed by atoms with E-state index in [1.165, 1.54) is 11.9 Å². The van der Waals surface area contributed by atoms with Crippen LogP contribution in [0.15, 0.2) is 24.3 Å². The molecule has 1 unspecified atom stereocenters. The standard InChI is InChI=1S/C19H29N3O4S/c1-12(2)16(17(24)25)22(5)15(23)11-19(3,4)21-18(27)20-13-7-9-14(26-6)10-8-13/h7-10,12,16H,11H2,1-6H3,(H,24,25)(H2,20,21,27). The van der Waals surface area contributed by atoms with Gasteiger partial charge in [-0.2, -0.15) is 0 Å². The van der Waals surface area contributed by atoms with Gasteiger partial charge in [-0.3, -0.25) is 4.79 Å². The normalized spacial score (nSPS) is 12.3. The number of carboxylic acids is 1. The number of nitrogens with one attached hydrogen (secondary N) is 2. The number of thiocarbonyl (C=S) groups is 1. The van der Waals surface area contributed by atoms with Crippen LogP contribution in [-0.2, 0) is 9.59 Å². The fourth-order valence-corrected chi connectivity index (χ4v) is 3.14. The number of hydrogen-bond acceptors (Lipinski definition) is 4. The molecule has 1 atom stereocenters. The quantitative estimate of drug-likeness (QED) is 0.583. The molecular weight excluding hydrogens is 366 g/mol. The molecule has 0 saturated carbocycles. The average molecular weight is 396 g/mol. The molecule has 1 rings (SSSR count). The maximum absolute atomic E-state index is 12.6. The Morgan fingerprint density at radius 2 is 1.81 bits per heavy atom. The molecule has 7 nitrogen and oxygen atoms in total. The second-order valence-corrected chi connectivity index (χ2v) is 7.81. The van der Waals surface area contributed by atoms with Crippen LogP contribution in [0.2, 0.25) is 0 Å². The first-order valence-corrected chi connectivity index (χ1v) is 9.09. The van der Waals surface area contributed by atoms with Crippen LogP contribution >= 0.6 is 12.2 Å². The molecule has 0 heterocycles. The first-order valence-electron chi connectivity index (χ1n) is 8.68. The number of nitrogens with zero attached hydrogens (tertiary/aromatic N) is 1. The largest absolute Gasteiger partial charge is 0.497 e. The van der Waals surface area contributed by atoms with Crippen molar-refractivity contribution in [2.24, 2.45) is 5.92 Å². The minimum Gasteiger partial charge on any atom is -0.497 e. The molecular formula is C19H29N3O4S. The van der Waals surface area contributed by atoms with Crippen molar-refractivity contribution in [2.75, 3.05) is 19.5 Å². The van der Waals surface area contributed by atoms with Gasteiger partial charge in [-0.05, 0) is 56.2 Å². The van der Waals surface area contributed by atoms with Gasteiger partial charge in [-0.15, -0.1) is 0 Å². The Kier molecular flexibility index (Phi) is 8.02. The summed E-state index contributed by atoms with van der Waals surface area (Å²) in [7, 11) is 3.12. The Labute approximate surface area is 166 Å². The van der Waals surface area contributed by atoms with E-state index in [2.05, 4.69) is 10.6 Å². The van der Waals surface area contributed by atoms with E-state index in [0.29, 0.717) is 5.11 Å². The molecule has 8 heteroatoms. The van der Waals surface area contributed by atoms with Gasteiger partial charge < -0.3 is 25.4 Å². The first kappa shape index (κ1) is 22.7. The molecule has 0 aromatic heterocycles. The number of carbonyl (C=O) groups excluding carboxylic acids is 1. The number of benzene rings is 1. The maximum atomic E-state index is 12.6. The molecule has 0 aliphatic heterocycles.